The average molecular weight is 572 g/mol. The van der Waals surface area contributed by atoms with Crippen LogP contribution in [0.5, 0.6) is 5.88 Å². The normalized spacial score (nSPS) is 10.4. The summed E-state index contributed by atoms with van der Waals surface area (Å²) in [5, 5.41) is 19.3. The van der Waals surface area contributed by atoms with Gasteiger partial charge in [0.1, 0.15) is 12.4 Å². The molecule has 0 spiro atoms. The van der Waals surface area contributed by atoms with Gasteiger partial charge in [-0.3, -0.25) is 4.39 Å². The second kappa shape index (κ2) is 14.5. The van der Waals surface area contributed by atoms with E-state index in [1.807, 2.05) is 0 Å². The molecular formula is C29H21F3KN3O4-2. The fourth-order valence-corrected chi connectivity index (χ4v) is 3.61. The van der Waals surface area contributed by atoms with Gasteiger partial charge in [0, 0.05) is 35.2 Å². The first kappa shape index (κ1) is 31.5. The second-order valence-electron chi connectivity index (χ2n) is 8.36. The molecule has 0 saturated carbocycles. The van der Waals surface area contributed by atoms with Gasteiger partial charge < -0.3 is 24.5 Å². The second-order valence-corrected chi connectivity index (χ2v) is 8.36. The molecule has 2 aromatic heterocycles. The number of hydrogen-bond acceptors (Lipinski definition) is 5. The van der Waals surface area contributed by atoms with E-state index in [-0.39, 0.29) is 99.7 Å². The molecule has 0 atom stereocenters. The summed E-state index contributed by atoms with van der Waals surface area (Å²) in [7, 11) is 0. The van der Waals surface area contributed by atoms with E-state index in [9.17, 15) is 23.1 Å². The van der Waals surface area contributed by atoms with Crippen molar-refractivity contribution in [2.75, 3.05) is 6.61 Å². The third-order valence-corrected chi connectivity index (χ3v) is 5.57. The number of ether oxygens (including phenoxy) is 1. The van der Waals surface area contributed by atoms with Gasteiger partial charge in [-0.1, -0.05) is 46.9 Å². The molecule has 0 radical (unpaired) electrons. The number of halogens is 3. The van der Waals surface area contributed by atoms with Crippen LogP contribution in [0.15, 0.2) is 66.7 Å². The molecule has 5 aromatic rings. The van der Waals surface area contributed by atoms with Gasteiger partial charge in [0.15, 0.2) is 0 Å². The summed E-state index contributed by atoms with van der Waals surface area (Å²) >= 11 is 0. The zero-order valence-electron chi connectivity index (χ0n) is 21.6. The summed E-state index contributed by atoms with van der Waals surface area (Å²) in [4.78, 5) is 18.8. The van der Waals surface area contributed by atoms with Crippen LogP contribution in [-0.2, 0) is 13.2 Å². The molecule has 11 heteroatoms. The van der Waals surface area contributed by atoms with Crippen LogP contribution < -0.4 is 61.2 Å². The molecule has 0 fully saturated rings. The number of fused-ring (bicyclic) bond motifs is 1. The number of hydrogen-bond donors (Lipinski definition) is 1. The van der Waals surface area contributed by atoms with Crippen LogP contribution >= 0.6 is 0 Å². The Morgan fingerprint density at radius 1 is 1.07 bits per heavy atom. The molecule has 0 amide bonds. The fourth-order valence-electron chi connectivity index (χ4n) is 3.61. The van der Waals surface area contributed by atoms with Crippen molar-refractivity contribution in [2.45, 2.75) is 20.1 Å². The van der Waals surface area contributed by atoms with Crippen molar-refractivity contribution < 1.29 is 84.3 Å². The first-order chi connectivity index (χ1) is 18.7. The summed E-state index contributed by atoms with van der Waals surface area (Å²) in [6, 6.07) is 18.2. The molecule has 0 unspecified atom stereocenters. The molecule has 0 bridgehead atoms. The molecule has 3 aromatic carbocycles. The first-order valence-corrected chi connectivity index (χ1v) is 11.7. The van der Waals surface area contributed by atoms with E-state index in [1.165, 1.54) is 28.8 Å². The third kappa shape index (κ3) is 8.00. The number of aromatic carboxylic acids is 1. The third-order valence-electron chi connectivity index (χ3n) is 5.57. The molecule has 0 aliphatic rings. The van der Waals surface area contributed by atoms with Gasteiger partial charge in [-0.05, 0) is 31.2 Å². The Balaban J connectivity index is 0.000000238. The quantitative estimate of drug-likeness (QED) is 0.236. The Labute approximate surface area is 270 Å². The summed E-state index contributed by atoms with van der Waals surface area (Å²) in [6.07, 6.45) is 2.65. The van der Waals surface area contributed by atoms with Crippen molar-refractivity contribution in [3.8, 4) is 17.1 Å². The van der Waals surface area contributed by atoms with Crippen molar-refractivity contribution >= 4 is 17.0 Å². The first-order valence-electron chi connectivity index (χ1n) is 11.7. The molecule has 200 valence electrons. The minimum absolute atomic E-state index is 0. The van der Waals surface area contributed by atoms with Crippen LogP contribution in [-0.4, -0.2) is 32.2 Å². The maximum atomic E-state index is 13.8. The summed E-state index contributed by atoms with van der Waals surface area (Å²) < 4.78 is 47.9. The average Bonchev–Trinajstić information content (AvgIpc) is 3.32. The standard InChI is InChI=1S/C19H13F3NO.C10H8N2O3.K/c1-12-5-6-13(17(22)9-12)11-24-19-4-2-3-18(23-19)15-10-14(20)7-8-16(15)21;13-4-3-12-6-11-8-2-1-7(10(14)15)5-9(8)12;/h2-6,8-10H,11H2,1H3;1-2,5H,3-4H2,(H,14,15);/q-1;-2;+1. The molecule has 1 N–H and O–H groups in total. The minimum Gasteiger partial charge on any atom is -0.853 e. The maximum absolute atomic E-state index is 13.8. The van der Waals surface area contributed by atoms with E-state index in [1.54, 1.807) is 37.3 Å². The number of rotatable bonds is 7. The predicted octanol–water partition coefficient (Wildman–Crippen LogP) is 1.75. The topological polar surface area (TPSA) is 100 Å². The Kier molecular flexibility index (Phi) is 11.4. The van der Waals surface area contributed by atoms with Gasteiger partial charge in [-0.15, -0.1) is 30.9 Å². The van der Waals surface area contributed by atoms with Crippen molar-refractivity contribution in [1.82, 2.24) is 14.5 Å². The van der Waals surface area contributed by atoms with Crippen molar-refractivity contribution in [3.63, 3.8) is 0 Å². The summed E-state index contributed by atoms with van der Waals surface area (Å²) in [5.41, 5.74) is 2.90. The molecule has 2 heterocycles. The predicted molar refractivity (Wildman–Crippen MR) is 134 cm³/mol. The smallest absolute Gasteiger partial charge is 0.853 e. The van der Waals surface area contributed by atoms with Gasteiger partial charge in [-0.2, -0.15) is 0 Å². The monoisotopic (exact) mass is 571 g/mol. The molecule has 0 aliphatic carbocycles. The number of carbonyl (C=O) groups is 1. The number of imidazole rings is 1. The van der Waals surface area contributed by atoms with E-state index in [0.29, 0.717) is 16.6 Å². The fraction of sp³-hybridized carbons (Fsp3) is 0.138. The Morgan fingerprint density at radius 3 is 2.60 bits per heavy atom. The number of aromatic nitrogens is 3. The van der Waals surface area contributed by atoms with E-state index in [0.717, 1.165) is 17.7 Å². The molecule has 5 rings (SSSR count). The van der Waals surface area contributed by atoms with Gasteiger partial charge >= 0.3 is 57.4 Å². The van der Waals surface area contributed by atoms with Crippen LogP contribution in [0.25, 0.3) is 22.3 Å². The van der Waals surface area contributed by atoms with Gasteiger partial charge in [-0.25, -0.2) is 18.6 Å². The van der Waals surface area contributed by atoms with Crippen LogP contribution in [0.2, 0.25) is 0 Å². The van der Waals surface area contributed by atoms with E-state index >= 15 is 0 Å². The minimum atomic E-state index is -0.994. The number of nitrogens with zero attached hydrogens (tertiary/aromatic N) is 3. The largest absolute Gasteiger partial charge is 1.00 e. The zero-order chi connectivity index (χ0) is 27.9. The van der Waals surface area contributed by atoms with Gasteiger partial charge in [0.2, 0.25) is 5.88 Å². The number of carboxylic acids is 1. The maximum Gasteiger partial charge on any atom is 1.00 e. The van der Waals surface area contributed by atoms with E-state index in [2.05, 4.69) is 22.4 Å². The van der Waals surface area contributed by atoms with Gasteiger partial charge in [0.05, 0.1) is 5.69 Å². The van der Waals surface area contributed by atoms with Crippen LogP contribution in [0.1, 0.15) is 21.5 Å². The summed E-state index contributed by atoms with van der Waals surface area (Å²) in [5.74, 6) is -2.48. The number of carboxylic acid groups (broad SMARTS) is 1. The van der Waals surface area contributed by atoms with Crippen LogP contribution in [0.3, 0.4) is 0 Å². The van der Waals surface area contributed by atoms with Crippen LogP contribution in [0, 0.1) is 36.8 Å². The molecule has 7 nitrogen and oxygen atoms in total. The van der Waals surface area contributed by atoms with Crippen molar-refractivity contribution in [2.24, 2.45) is 0 Å². The van der Waals surface area contributed by atoms with Crippen molar-refractivity contribution in [3.05, 3.63) is 113 Å². The summed E-state index contributed by atoms with van der Waals surface area (Å²) in [6.45, 7) is 1.75. The Bertz CT molecular complexity index is 1630. The Hall–Kier alpha value is -3.06. The Morgan fingerprint density at radius 2 is 1.88 bits per heavy atom. The van der Waals surface area contributed by atoms with E-state index < -0.39 is 17.6 Å². The molecule has 0 saturated heterocycles. The number of benzene rings is 3. The SMILES string of the molecule is Cc1ccc(COc2cccc(-c3cc(F)[c-]cc3F)n2)c(F)c1.O=C(O)c1ccc2n[c-]n(CC[O-])c2c1.[K+]. The number of aryl methyl sites for hydroxylation is 1. The zero-order valence-corrected chi connectivity index (χ0v) is 24.7. The molecule has 0 aliphatic heterocycles. The molecule has 40 heavy (non-hydrogen) atoms. The van der Waals surface area contributed by atoms with E-state index in [4.69, 9.17) is 9.84 Å². The number of pyridine rings is 1. The van der Waals surface area contributed by atoms with Crippen LogP contribution in [0.4, 0.5) is 13.2 Å². The van der Waals surface area contributed by atoms with Gasteiger partial charge in [0.25, 0.3) is 0 Å². The molecular weight excluding hydrogens is 550 g/mol. The van der Waals surface area contributed by atoms with Crippen molar-refractivity contribution in [1.29, 1.82) is 0 Å².